The number of amides is 1. The van der Waals surface area contributed by atoms with Crippen molar-refractivity contribution >= 4 is 17.5 Å². The lowest BCUT2D eigenvalue weighted by Gasteiger charge is -2.32. The van der Waals surface area contributed by atoms with Crippen molar-refractivity contribution in [1.82, 2.24) is 24.9 Å². The van der Waals surface area contributed by atoms with Crippen molar-refractivity contribution in [2.45, 2.75) is 40.0 Å². The van der Waals surface area contributed by atoms with E-state index in [9.17, 15) is 4.79 Å². The summed E-state index contributed by atoms with van der Waals surface area (Å²) in [5, 5.41) is 8.54. The first-order valence-electron chi connectivity index (χ1n) is 11.2. The van der Waals surface area contributed by atoms with E-state index in [0.717, 1.165) is 78.8 Å². The molecular weight excluding hydrogens is 410 g/mol. The zero-order valence-electron chi connectivity index (χ0n) is 19.5. The summed E-state index contributed by atoms with van der Waals surface area (Å²) in [4.78, 5) is 17.4. The molecule has 31 heavy (non-hydrogen) atoms. The highest BCUT2D eigenvalue weighted by atomic mass is 35.5. The van der Waals surface area contributed by atoms with Crippen LogP contribution < -0.4 is 5.32 Å². The molecule has 0 spiro atoms. The van der Waals surface area contributed by atoms with Gasteiger partial charge in [0, 0.05) is 35.9 Å². The lowest BCUT2D eigenvalue weighted by atomic mass is 9.96. The van der Waals surface area contributed by atoms with Gasteiger partial charge in [-0.25, -0.2) is 4.68 Å². The molecule has 0 unspecified atom stereocenters. The molecule has 170 valence electrons. The number of benzene rings is 1. The number of hydrogen-bond acceptors (Lipinski definition) is 4. The molecule has 2 aromatic rings. The fraction of sp³-hybridized carbons (Fsp3) is 0.583. The maximum Gasteiger partial charge on any atom is 0.224 e. The van der Waals surface area contributed by atoms with Crippen LogP contribution in [0.4, 0.5) is 0 Å². The zero-order valence-corrected chi connectivity index (χ0v) is 20.3. The molecule has 0 aliphatic carbocycles. The number of nitrogens with one attached hydrogen (secondary N) is 1. The third kappa shape index (κ3) is 6.31. The third-order valence-electron chi connectivity index (χ3n) is 6.34. The van der Waals surface area contributed by atoms with Crippen molar-refractivity contribution in [2.24, 2.45) is 5.92 Å². The lowest BCUT2D eigenvalue weighted by molar-refractivity contribution is -0.120. The van der Waals surface area contributed by atoms with Gasteiger partial charge in [0.1, 0.15) is 0 Å². The Morgan fingerprint density at radius 3 is 2.58 bits per heavy atom. The van der Waals surface area contributed by atoms with E-state index < -0.39 is 0 Å². The fourth-order valence-electron chi connectivity index (χ4n) is 4.13. The molecule has 1 N–H and O–H groups in total. The number of hydrogen-bond donors (Lipinski definition) is 1. The van der Waals surface area contributed by atoms with Crippen LogP contribution in [-0.2, 0) is 11.2 Å². The second kappa shape index (κ2) is 10.6. The first kappa shape index (κ1) is 23.8. The van der Waals surface area contributed by atoms with Crippen LogP contribution in [0, 0.1) is 26.7 Å². The van der Waals surface area contributed by atoms with E-state index in [4.69, 9.17) is 11.6 Å². The molecule has 1 aliphatic rings. The summed E-state index contributed by atoms with van der Waals surface area (Å²) in [5.74, 6) is 0.641. The summed E-state index contributed by atoms with van der Waals surface area (Å²) >= 11 is 6.29. The smallest absolute Gasteiger partial charge is 0.224 e. The van der Waals surface area contributed by atoms with Gasteiger partial charge in [0.05, 0.1) is 17.8 Å². The van der Waals surface area contributed by atoms with Crippen molar-refractivity contribution in [3.63, 3.8) is 0 Å². The van der Waals surface area contributed by atoms with Crippen LogP contribution in [0.2, 0.25) is 5.02 Å². The van der Waals surface area contributed by atoms with Gasteiger partial charge in [0.2, 0.25) is 5.91 Å². The van der Waals surface area contributed by atoms with Crippen molar-refractivity contribution in [3.05, 3.63) is 45.7 Å². The Hall–Kier alpha value is -1.89. The van der Waals surface area contributed by atoms with Crippen molar-refractivity contribution in [2.75, 3.05) is 46.8 Å². The second-order valence-corrected chi connectivity index (χ2v) is 9.47. The average molecular weight is 446 g/mol. The Labute approximate surface area is 191 Å². The summed E-state index contributed by atoms with van der Waals surface area (Å²) in [6.07, 6.45) is 2.66. The van der Waals surface area contributed by atoms with Gasteiger partial charge in [-0.1, -0.05) is 17.7 Å². The maximum absolute atomic E-state index is 12.7. The molecular formula is C24H36ClN5O. The Bertz CT molecular complexity index is 900. The SMILES string of the molecule is Cc1ccc(-n2nc(C)c(CC(=O)NCC3CCN(CCN(C)C)CC3)c2C)cc1Cl. The first-order valence-corrected chi connectivity index (χ1v) is 11.6. The fourth-order valence-corrected chi connectivity index (χ4v) is 4.31. The minimum Gasteiger partial charge on any atom is -0.356 e. The number of aryl methyl sites for hydroxylation is 2. The molecule has 1 fully saturated rings. The number of carbonyl (C=O) groups is 1. The van der Waals surface area contributed by atoms with Gasteiger partial charge in [0.15, 0.2) is 0 Å². The molecule has 0 atom stereocenters. The van der Waals surface area contributed by atoms with Gasteiger partial charge < -0.3 is 15.1 Å². The summed E-state index contributed by atoms with van der Waals surface area (Å²) in [6.45, 7) is 11.2. The van der Waals surface area contributed by atoms with Crippen molar-refractivity contribution < 1.29 is 4.79 Å². The maximum atomic E-state index is 12.7. The molecule has 2 heterocycles. The van der Waals surface area contributed by atoms with E-state index >= 15 is 0 Å². The second-order valence-electron chi connectivity index (χ2n) is 9.06. The molecule has 6 nitrogen and oxygen atoms in total. The minimum atomic E-state index is 0.0720. The van der Waals surface area contributed by atoms with Crippen LogP contribution in [0.3, 0.4) is 0 Å². The Morgan fingerprint density at radius 2 is 1.94 bits per heavy atom. The van der Waals surface area contributed by atoms with Gasteiger partial charge >= 0.3 is 0 Å². The molecule has 1 aliphatic heterocycles. The summed E-state index contributed by atoms with van der Waals surface area (Å²) in [7, 11) is 4.23. The minimum absolute atomic E-state index is 0.0720. The number of piperidine rings is 1. The predicted octanol–water partition coefficient (Wildman–Crippen LogP) is 3.38. The number of nitrogens with zero attached hydrogens (tertiary/aromatic N) is 4. The molecule has 1 saturated heterocycles. The van der Waals surface area contributed by atoms with Crippen molar-refractivity contribution in [3.8, 4) is 5.69 Å². The largest absolute Gasteiger partial charge is 0.356 e. The van der Waals surface area contributed by atoms with Crippen LogP contribution in [-0.4, -0.2) is 72.3 Å². The van der Waals surface area contributed by atoms with E-state index in [1.165, 1.54) is 0 Å². The first-order chi connectivity index (χ1) is 14.7. The third-order valence-corrected chi connectivity index (χ3v) is 6.74. The van der Waals surface area contributed by atoms with E-state index in [-0.39, 0.29) is 5.91 Å². The highest BCUT2D eigenvalue weighted by Gasteiger charge is 2.21. The topological polar surface area (TPSA) is 53.4 Å². The van der Waals surface area contributed by atoms with Gasteiger partial charge in [-0.3, -0.25) is 4.79 Å². The van der Waals surface area contributed by atoms with Crippen LogP contribution >= 0.6 is 11.6 Å². The Kier molecular flexibility index (Phi) is 8.14. The number of rotatable bonds is 8. The zero-order chi connectivity index (χ0) is 22.5. The molecule has 1 aromatic heterocycles. The molecule has 7 heteroatoms. The summed E-state index contributed by atoms with van der Waals surface area (Å²) < 4.78 is 1.88. The number of likely N-dealkylation sites (N-methyl/N-ethyl adjacent to an activating group) is 1. The predicted molar refractivity (Wildman–Crippen MR) is 127 cm³/mol. The molecule has 0 bridgehead atoms. The molecule has 1 aromatic carbocycles. The molecule has 0 saturated carbocycles. The monoisotopic (exact) mass is 445 g/mol. The van der Waals surface area contributed by atoms with E-state index in [0.29, 0.717) is 12.3 Å². The lowest BCUT2D eigenvalue weighted by Crippen LogP contribution is -2.41. The molecule has 0 radical (unpaired) electrons. The van der Waals surface area contributed by atoms with E-state index in [1.54, 1.807) is 0 Å². The van der Waals surface area contributed by atoms with Gasteiger partial charge in [-0.15, -0.1) is 0 Å². The van der Waals surface area contributed by atoms with Crippen LogP contribution in [0.5, 0.6) is 0 Å². The van der Waals surface area contributed by atoms with Crippen LogP contribution in [0.15, 0.2) is 18.2 Å². The average Bonchev–Trinajstić information content (AvgIpc) is 3.01. The van der Waals surface area contributed by atoms with E-state index in [1.807, 2.05) is 43.7 Å². The quantitative estimate of drug-likeness (QED) is 0.676. The van der Waals surface area contributed by atoms with Gasteiger partial charge in [-0.2, -0.15) is 5.10 Å². The van der Waals surface area contributed by atoms with Crippen molar-refractivity contribution in [1.29, 1.82) is 0 Å². The summed E-state index contributed by atoms with van der Waals surface area (Å²) in [6, 6.07) is 5.92. The Balaban J connectivity index is 1.52. The van der Waals surface area contributed by atoms with Gasteiger partial charge in [0.25, 0.3) is 0 Å². The number of aromatic nitrogens is 2. The van der Waals surface area contributed by atoms with Crippen LogP contribution in [0.1, 0.15) is 35.4 Å². The summed E-state index contributed by atoms with van der Waals surface area (Å²) in [5.41, 5.74) is 4.83. The Morgan fingerprint density at radius 1 is 1.23 bits per heavy atom. The number of likely N-dealkylation sites (tertiary alicyclic amines) is 1. The van der Waals surface area contributed by atoms with Crippen LogP contribution in [0.25, 0.3) is 5.69 Å². The van der Waals surface area contributed by atoms with E-state index in [2.05, 4.69) is 34.3 Å². The number of carbonyl (C=O) groups excluding carboxylic acids is 1. The normalized spacial score (nSPS) is 15.6. The highest BCUT2D eigenvalue weighted by molar-refractivity contribution is 6.31. The molecule has 1 amide bonds. The number of halogens is 1. The standard InChI is InChI=1S/C24H36ClN5O/c1-17-6-7-21(14-23(17)25)30-19(3)22(18(2)27-30)15-24(31)26-16-20-8-10-29(11-9-20)13-12-28(4)5/h6-7,14,20H,8-13,15-16H2,1-5H3,(H,26,31). The highest BCUT2D eigenvalue weighted by Crippen LogP contribution is 2.23. The van der Waals surface area contributed by atoms with Gasteiger partial charge in [-0.05, 0) is 84.4 Å². The molecule has 3 rings (SSSR count).